The molecule has 0 bridgehead atoms. The number of unbranched alkanes of at least 4 members (excludes halogenated alkanes) is 2. The number of aliphatic carboxylic acids is 1. The molecule has 0 unspecified atom stereocenters. The standard InChI is InChI=1S/C15H16O4/c16-14(17)9-3-1-2-7-12-10-11-6-4-5-8-13(11)19-15(12)18/h4-6,8,10H,1-3,7,9H2,(H,16,17). The van der Waals surface area contributed by atoms with Gasteiger partial charge in [-0.2, -0.15) is 0 Å². The minimum absolute atomic E-state index is 0.187. The number of para-hydroxylation sites is 1. The Labute approximate surface area is 110 Å². The van der Waals surface area contributed by atoms with Crippen molar-refractivity contribution >= 4 is 16.9 Å². The van der Waals surface area contributed by atoms with Gasteiger partial charge in [0.25, 0.3) is 0 Å². The van der Waals surface area contributed by atoms with Crippen molar-refractivity contribution < 1.29 is 14.3 Å². The topological polar surface area (TPSA) is 67.5 Å². The molecular weight excluding hydrogens is 244 g/mol. The summed E-state index contributed by atoms with van der Waals surface area (Å²) < 4.78 is 5.24. The average molecular weight is 260 g/mol. The van der Waals surface area contributed by atoms with E-state index >= 15 is 0 Å². The van der Waals surface area contributed by atoms with E-state index in [1.165, 1.54) is 0 Å². The first kappa shape index (κ1) is 13.3. The van der Waals surface area contributed by atoms with Crippen molar-refractivity contribution in [3.05, 3.63) is 46.3 Å². The first-order valence-corrected chi connectivity index (χ1v) is 6.40. The number of hydrogen-bond donors (Lipinski definition) is 1. The Morgan fingerprint density at radius 3 is 2.74 bits per heavy atom. The summed E-state index contributed by atoms with van der Waals surface area (Å²) in [6.45, 7) is 0. The molecule has 1 aromatic heterocycles. The Bertz CT molecular complexity index is 627. The minimum atomic E-state index is -0.773. The molecule has 1 aromatic carbocycles. The van der Waals surface area contributed by atoms with Gasteiger partial charge in [-0.1, -0.05) is 24.6 Å². The third kappa shape index (κ3) is 3.68. The van der Waals surface area contributed by atoms with Gasteiger partial charge in [-0.3, -0.25) is 4.79 Å². The molecular formula is C15H16O4. The predicted octanol–water partition coefficient (Wildman–Crippen LogP) is 2.98. The lowest BCUT2D eigenvalue weighted by atomic mass is 10.1. The highest BCUT2D eigenvalue weighted by atomic mass is 16.4. The molecule has 1 heterocycles. The molecule has 1 N–H and O–H groups in total. The van der Waals surface area contributed by atoms with Gasteiger partial charge in [-0.05, 0) is 31.4 Å². The lowest BCUT2D eigenvalue weighted by Crippen LogP contribution is -2.07. The highest BCUT2D eigenvalue weighted by molar-refractivity contribution is 5.76. The molecule has 0 amide bonds. The number of fused-ring (bicyclic) bond motifs is 1. The molecule has 4 nitrogen and oxygen atoms in total. The van der Waals surface area contributed by atoms with E-state index in [1.807, 2.05) is 24.3 Å². The first-order valence-electron chi connectivity index (χ1n) is 6.40. The zero-order chi connectivity index (χ0) is 13.7. The van der Waals surface area contributed by atoms with Crippen LogP contribution in [0, 0.1) is 0 Å². The summed E-state index contributed by atoms with van der Waals surface area (Å²) in [5.41, 5.74) is 0.966. The fourth-order valence-corrected chi connectivity index (χ4v) is 2.05. The number of carbonyl (C=O) groups is 1. The van der Waals surface area contributed by atoms with Crippen LogP contribution in [0.1, 0.15) is 31.2 Å². The summed E-state index contributed by atoms with van der Waals surface area (Å²) in [6.07, 6.45) is 3.07. The predicted molar refractivity (Wildman–Crippen MR) is 72.3 cm³/mol. The molecule has 0 aliphatic heterocycles. The summed E-state index contributed by atoms with van der Waals surface area (Å²) in [7, 11) is 0. The van der Waals surface area contributed by atoms with Crippen LogP contribution < -0.4 is 5.63 Å². The van der Waals surface area contributed by atoms with Gasteiger partial charge in [-0.15, -0.1) is 0 Å². The Kier molecular flexibility index (Phi) is 4.34. The van der Waals surface area contributed by atoms with Gasteiger partial charge in [0, 0.05) is 17.4 Å². The first-order chi connectivity index (χ1) is 9.16. The highest BCUT2D eigenvalue weighted by Crippen LogP contribution is 2.14. The van der Waals surface area contributed by atoms with Gasteiger partial charge >= 0.3 is 11.6 Å². The lowest BCUT2D eigenvalue weighted by Gasteiger charge is -2.02. The summed E-state index contributed by atoms with van der Waals surface area (Å²) >= 11 is 0. The van der Waals surface area contributed by atoms with Crippen LogP contribution in [-0.2, 0) is 11.2 Å². The fraction of sp³-hybridized carbons (Fsp3) is 0.333. The van der Waals surface area contributed by atoms with Crippen molar-refractivity contribution in [2.45, 2.75) is 32.1 Å². The molecule has 0 aliphatic carbocycles. The van der Waals surface area contributed by atoms with Gasteiger partial charge in [0.15, 0.2) is 0 Å². The largest absolute Gasteiger partial charge is 0.481 e. The van der Waals surface area contributed by atoms with Gasteiger partial charge in [0.2, 0.25) is 0 Å². The van der Waals surface area contributed by atoms with Crippen LogP contribution in [0.15, 0.2) is 39.5 Å². The van der Waals surface area contributed by atoms with Crippen LogP contribution in [0.3, 0.4) is 0 Å². The zero-order valence-electron chi connectivity index (χ0n) is 10.6. The Balaban J connectivity index is 1.98. The third-order valence-corrected chi connectivity index (χ3v) is 3.05. The van der Waals surface area contributed by atoms with E-state index in [-0.39, 0.29) is 12.0 Å². The average Bonchev–Trinajstić information content (AvgIpc) is 2.38. The fourth-order valence-electron chi connectivity index (χ4n) is 2.05. The maximum Gasteiger partial charge on any atom is 0.339 e. The van der Waals surface area contributed by atoms with Crippen LogP contribution in [-0.4, -0.2) is 11.1 Å². The second-order valence-electron chi connectivity index (χ2n) is 4.55. The van der Waals surface area contributed by atoms with E-state index in [4.69, 9.17) is 9.52 Å². The molecule has 0 saturated heterocycles. The molecule has 2 aromatic rings. The molecule has 0 fully saturated rings. The van der Waals surface area contributed by atoms with Crippen LogP contribution >= 0.6 is 0 Å². The Hall–Kier alpha value is -2.10. The van der Waals surface area contributed by atoms with Gasteiger partial charge < -0.3 is 9.52 Å². The SMILES string of the molecule is O=C(O)CCCCCc1cc2ccccc2oc1=O. The zero-order valence-corrected chi connectivity index (χ0v) is 10.6. The molecule has 0 aliphatic rings. The molecule has 4 heteroatoms. The van der Waals surface area contributed by atoms with Gasteiger partial charge in [-0.25, -0.2) is 4.79 Å². The van der Waals surface area contributed by atoms with Crippen molar-refractivity contribution in [2.24, 2.45) is 0 Å². The monoisotopic (exact) mass is 260 g/mol. The molecule has 2 rings (SSSR count). The third-order valence-electron chi connectivity index (χ3n) is 3.05. The maximum absolute atomic E-state index is 11.7. The second-order valence-corrected chi connectivity index (χ2v) is 4.55. The number of carboxylic acid groups (broad SMARTS) is 1. The van der Waals surface area contributed by atoms with Crippen molar-refractivity contribution in [3.8, 4) is 0 Å². The van der Waals surface area contributed by atoms with E-state index in [0.717, 1.165) is 18.2 Å². The molecule has 19 heavy (non-hydrogen) atoms. The summed E-state index contributed by atoms with van der Waals surface area (Å²) in [5, 5.41) is 9.45. The van der Waals surface area contributed by atoms with Gasteiger partial charge in [0.1, 0.15) is 5.58 Å². The Morgan fingerprint density at radius 2 is 1.95 bits per heavy atom. The summed E-state index contributed by atoms with van der Waals surface area (Å²) in [5.74, 6) is -0.773. The number of hydrogen-bond acceptors (Lipinski definition) is 3. The van der Waals surface area contributed by atoms with Gasteiger partial charge in [0.05, 0.1) is 0 Å². The quantitative estimate of drug-likeness (QED) is 0.640. The molecule has 0 atom stereocenters. The maximum atomic E-state index is 11.7. The van der Waals surface area contributed by atoms with Crippen molar-refractivity contribution in [3.63, 3.8) is 0 Å². The van der Waals surface area contributed by atoms with Crippen LogP contribution in [0.4, 0.5) is 0 Å². The summed E-state index contributed by atoms with van der Waals surface area (Å²) in [6, 6.07) is 9.27. The summed E-state index contributed by atoms with van der Waals surface area (Å²) in [4.78, 5) is 22.1. The van der Waals surface area contributed by atoms with Crippen molar-refractivity contribution in [1.82, 2.24) is 0 Å². The number of rotatable bonds is 6. The molecule has 0 radical (unpaired) electrons. The smallest absolute Gasteiger partial charge is 0.339 e. The van der Waals surface area contributed by atoms with Crippen molar-refractivity contribution in [1.29, 1.82) is 0 Å². The highest BCUT2D eigenvalue weighted by Gasteiger charge is 2.05. The van der Waals surface area contributed by atoms with E-state index in [1.54, 1.807) is 6.07 Å². The molecule has 100 valence electrons. The van der Waals surface area contributed by atoms with Crippen molar-refractivity contribution in [2.75, 3.05) is 0 Å². The van der Waals surface area contributed by atoms with Crippen LogP contribution in [0.25, 0.3) is 11.0 Å². The number of benzene rings is 1. The van der Waals surface area contributed by atoms with E-state index < -0.39 is 5.97 Å². The molecule has 0 spiro atoms. The van der Waals surface area contributed by atoms with Crippen LogP contribution in [0.2, 0.25) is 0 Å². The normalized spacial score (nSPS) is 10.7. The van der Waals surface area contributed by atoms with E-state index in [9.17, 15) is 9.59 Å². The van der Waals surface area contributed by atoms with E-state index in [2.05, 4.69) is 0 Å². The lowest BCUT2D eigenvalue weighted by molar-refractivity contribution is -0.137. The van der Waals surface area contributed by atoms with Crippen LogP contribution in [0.5, 0.6) is 0 Å². The Morgan fingerprint density at radius 1 is 1.16 bits per heavy atom. The number of aryl methyl sites for hydroxylation is 1. The van der Waals surface area contributed by atoms with E-state index in [0.29, 0.717) is 24.0 Å². The molecule has 0 saturated carbocycles. The second kappa shape index (κ2) is 6.18. The minimum Gasteiger partial charge on any atom is -0.481 e. The number of carboxylic acids is 1.